The van der Waals surface area contributed by atoms with Crippen LogP contribution in [0.1, 0.15) is 25.0 Å². The minimum Gasteiger partial charge on any atom is -0.258 e. The van der Waals surface area contributed by atoms with Crippen molar-refractivity contribution in [3.63, 3.8) is 0 Å². The van der Waals surface area contributed by atoms with Crippen LogP contribution in [0, 0.1) is 0 Å². The van der Waals surface area contributed by atoms with E-state index >= 15 is 0 Å². The lowest BCUT2D eigenvalue weighted by Crippen LogP contribution is -1.99. The Morgan fingerprint density at radius 2 is 1.91 bits per heavy atom. The summed E-state index contributed by atoms with van der Waals surface area (Å²) in [6.07, 6.45) is 14.4. The highest BCUT2D eigenvalue weighted by atomic mass is 14.8. The highest BCUT2D eigenvalue weighted by molar-refractivity contribution is 5.89. The van der Waals surface area contributed by atoms with E-state index < -0.39 is 0 Å². The Kier molecular flexibility index (Phi) is 3.39. The first-order chi connectivity index (χ1) is 10.9. The number of hydrogen-bond acceptors (Lipinski definition) is 3. The van der Waals surface area contributed by atoms with Crippen LogP contribution in [0.3, 0.4) is 0 Å². The predicted molar refractivity (Wildman–Crippen MR) is 89.8 cm³/mol. The van der Waals surface area contributed by atoms with Gasteiger partial charge in [-0.05, 0) is 37.0 Å². The lowest BCUT2D eigenvalue weighted by molar-refractivity contribution is 0.960. The number of fused-ring (bicyclic) bond motifs is 1. The summed E-state index contributed by atoms with van der Waals surface area (Å²) in [5.41, 5.74) is 6.70. The Bertz CT molecular complexity index is 841. The molecule has 4 rings (SSSR count). The van der Waals surface area contributed by atoms with Gasteiger partial charge in [0.2, 0.25) is 0 Å². The van der Waals surface area contributed by atoms with Crippen LogP contribution in [0.15, 0.2) is 71.0 Å². The first-order valence-electron chi connectivity index (χ1n) is 7.72. The third-order valence-electron chi connectivity index (χ3n) is 4.08. The molecule has 108 valence electrons. The third-order valence-corrected chi connectivity index (χ3v) is 4.08. The Balaban J connectivity index is 1.43. The van der Waals surface area contributed by atoms with Crippen molar-refractivity contribution < 1.29 is 0 Å². The fourth-order valence-corrected chi connectivity index (χ4v) is 2.86. The Hall–Kier alpha value is -2.55. The molecule has 2 aromatic rings. The summed E-state index contributed by atoms with van der Waals surface area (Å²) < 4.78 is 0. The average molecular weight is 287 g/mol. The summed E-state index contributed by atoms with van der Waals surface area (Å²) in [7, 11) is 0. The maximum Gasteiger partial charge on any atom is 0.0890 e. The van der Waals surface area contributed by atoms with Crippen molar-refractivity contribution in [2.75, 3.05) is 0 Å². The molecule has 3 nitrogen and oxygen atoms in total. The maximum atomic E-state index is 4.77. The number of para-hydroxylation sites is 2. The van der Waals surface area contributed by atoms with E-state index in [2.05, 4.69) is 34.3 Å². The van der Waals surface area contributed by atoms with Gasteiger partial charge >= 0.3 is 0 Å². The van der Waals surface area contributed by atoms with Crippen LogP contribution in [0.4, 0.5) is 0 Å². The van der Waals surface area contributed by atoms with Crippen molar-refractivity contribution in [2.24, 2.45) is 4.99 Å². The van der Waals surface area contributed by atoms with Crippen molar-refractivity contribution in [1.82, 2.24) is 9.97 Å². The van der Waals surface area contributed by atoms with Gasteiger partial charge in [0, 0.05) is 18.3 Å². The third kappa shape index (κ3) is 2.62. The molecule has 0 N–H and O–H groups in total. The molecule has 0 spiro atoms. The van der Waals surface area contributed by atoms with Crippen LogP contribution in [0.2, 0.25) is 0 Å². The number of aliphatic imine (C=N–C) groups is 1. The van der Waals surface area contributed by atoms with E-state index in [4.69, 9.17) is 4.99 Å². The second kappa shape index (κ2) is 5.68. The fourth-order valence-electron chi connectivity index (χ4n) is 2.86. The van der Waals surface area contributed by atoms with E-state index in [1.807, 2.05) is 30.5 Å². The molecule has 0 bridgehead atoms. The normalized spacial score (nSPS) is 16.8. The van der Waals surface area contributed by atoms with Crippen LogP contribution in [0.5, 0.6) is 0 Å². The van der Waals surface area contributed by atoms with Crippen molar-refractivity contribution >= 4 is 16.7 Å². The van der Waals surface area contributed by atoms with Gasteiger partial charge in [-0.25, -0.2) is 4.98 Å². The molecule has 2 heterocycles. The molecule has 22 heavy (non-hydrogen) atoms. The number of benzene rings is 1. The molecule has 0 unspecified atom stereocenters. The van der Waals surface area contributed by atoms with Crippen molar-refractivity contribution in [3.8, 4) is 0 Å². The van der Waals surface area contributed by atoms with Gasteiger partial charge in [-0.3, -0.25) is 9.98 Å². The van der Waals surface area contributed by atoms with Crippen molar-refractivity contribution in [1.29, 1.82) is 0 Å². The summed E-state index contributed by atoms with van der Waals surface area (Å²) >= 11 is 0. The zero-order valence-corrected chi connectivity index (χ0v) is 12.4. The Morgan fingerprint density at radius 3 is 2.77 bits per heavy atom. The summed E-state index contributed by atoms with van der Waals surface area (Å²) in [5, 5.41) is 0. The largest absolute Gasteiger partial charge is 0.258 e. The van der Waals surface area contributed by atoms with E-state index in [0.717, 1.165) is 48.1 Å². The number of nitrogens with zero attached hydrogens (tertiary/aromatic N) is 3. The monoisotopic (exact) mass is 287 g/mol. The van der Waals surface area contributed by atoms with Gasteiger partial charge in [-0.2, -0.15) is 0 Å². The summed E-state index contributed by atoms with van der Waals surface area (Å²) in [5.74, 6) is 0. The van der Waals surface area contributed by atoms with Gasteiger partial charge in [0.1, 0.15) is 0 Å². The van der Waals surface area contributed by atoms with Crippen molar-refractivity contribution in [3.05, 3.63) is 71.7 Å². The van der Waals surface area contributed by atoms with E-state index in [9.17, 15) is 0 Å². The van der Waals surface area contributed by atoms with E-state index in [-0.39, 0.29) is 0 Å². The van der Waals surface area contributed by atoms with E-state index in [1.54, 1.807) is 0 Å². The minimum absolute atomic E-state index is 0.898. The fraction of sp³-hybridized carbons (Fsp3) is 0.211. The molecule has 1 aromatic heterocycles. The molecule has 0 saturated carbocycles. The molecule has 0 radical (unpaired) electrons. The Labute approximate surface area is 129 Å². The average Bonchev–Trinajstić information content (AvgIpc) is 3.24. The number of allylic oxidation sites excluding steroid dienone is 5. The molecule has 1 aliphatic heterocycles. The standard InChI is InChI=1S/C19H17N3/c1-2-6-14(5-1)17-12-11-15(21-17)9-10-16-13-20-18-7-3-4-8-19(18)22-16/h1-5,7-8,12-13H,6,9-11H2. The summed E-state index contributed by atoms with van der Waals surface area (Å²) in [4.78, 5) is 13.9. The zero-order valence-electron chi connectivity index (χ0n) is 12.4. The lowest BCUT2D eigenvalue weighted by Gasteiger charge is -2.03. The molecule has 0 fully saturated rings. The molecule has 2 aliphatic rings. The van der Waals surface area contributed by atoms with Crippen LogP contribution in [-0.2, 0) is 6.42 Å². The Morgan fingerprint density at radius 1 is 1.00 bits per heavy atom. The zero-order chi connectivity index (χ0) is 14.8. The number of aryl methyl sites for hydroxylation is 1. The lowest BCUT2D eigenvalue weighted by atomic mass is 10.1. The second-order valence-electron chi connectivity index (χ2n) is 5.65. The topological polar surface area (TPSA) is 38.1 Å². The molecule has 0 atom stereocenters. The van der Waals surface area contributed by atoms with Gasteiger partial charge in [0.15, 0.2) is 0 Å². The highest BCUT2D eigenvalue weighted by Crippen LogP contribution is 2.26. The van der Waals surface area contributed by atoms with Gasteiger partial charge in [-0.1, -0.05) is 36.4 Å². The van der Waals surface area contributed by atoms with E-state index in [0.29, 0.717) is 0 Å². The second-order valence-corrected chi connectivity index (χ2v) is 5.65. The molecule has 1 aromatic carbocycles. The molecular weight excluding hydrogens is 270 g/mol. The number of hydrogen-bond donors (Lipinski definition) is 0. The molecular formula is C19H17N3. The number of rotatable bonds is 4. The van der Waals surface area contributed by atoms with E-state index in [1.165, 1.54) is 11.3 Å². The van der Waals surface area contributed by atoms with Crippen molar-refractivity contribution in [2.45, 2.75) is 25.7 Å². The quantitative estimate of drug-likeness (QED) is 0.846. The van der Waals surface area contributed by atoms with Crippen LogP contribution in [0.25, 0.3) is 11.0 Å². The molecule has 1 aliphatic carbocycles. The highest BCUT2D eigenvalue weighted by Gasteiger charge is 2.13. The maximum absolute atomic E-state index is 4.77. The smallest absolute Gasteiger partial charge is 0.0890 e. The first kappa shape index (κ1) is 13.1. The molecule has 3 heteroatoms. The molecule has 0 amide bonds. The molecule has 0 saturated heterocycles. The summed E-state index contributed by atoms with van der Waals surface area (Å²) in [6, 6.07) is 8.00. The van der Waals surface area contributed by atoms with Gasteiger partial charge in [0.25, 0.3) is 0 Å². The van der Waals surface area contributed by atoms with Gasteiger partial charge in [0.05, 0.1) is 22.4 Å². The first-order valence-corrected chi connectivity index (χ1v) is 7.72. The SMILES string of the molecule is C1=CCC(C2=CCC(CCc3cnc4ccccc4n3)=N2)=C1. The van der Waals surface area contributed by atoms with Crippen LogP contribution >= 0.6 is 0 Å². The van der Waals surface area contributed by atoms with Gasteiger partial charge < -0.3 is 0 Å². The summed E-state index contributed by atoms with van der Waals surface area (Å²) in [6.45, 7) is 0. The van der Waals surface area contributed by atoms with Gasteiger partial charge in [-0.15, -0.1) is 0 Å². The van der Waals surface area contributed by atoms with Crippen LogP contribution < -0.4 is 0 Å². The number of aromatic nitrogens is 2. The minimum atomic E-state index is 0.898. The predicted octanol–water partition coefficient (Wildman–Crippen LogP) is 4.18. The van der Waals surface area contributed by atoms with Crippen LogP contribution in [-0.4, -0.2) is 15.7 Å².